The number of halogens is 6. The molecule has 0 atom stereocenters. The molecule has 0 aliphatic carbocycles. The van der Waals surface area contributed by atoms with Crippen molar-refractivity contribution in [1.82, 2.24) is 10.3 Å². The zero-order chi connectivity index (χ0) is 21.6. The van der Waals surface area contributed by atoms with Crippen LogP contribution in [0.1, 0.15) is 29.7 Å². The second kappa shape index (κ2) is 10.0. The number of nitrogens with one attached hydrogen (secondary N) is 1. The third-order valence-corrected chi connectivity index (χ3v) is 3.88. The zero-order valence-electron chi connectivity index (χ0n) is 14.5. The molecule has 1 aromatic heterocycles. The summed E-state index contributed by atoms with van der Waals surface area (Å²) in [5.41, 5.74) is 2.64. The van der Waals surface area contributed by atoms with Gasteiger partial charge in [-0.15, -0.1) is 0 Å². The maximum Gasteiger partial charge on any atom is 0.282 e. The van der Waals surface area contributed by atoms with E-state index in [1.54, 1.807) is 0 Å². The number of pyridine rings is 1. The number of aliphatic imine (C=N–C) groups is 1. The molecule has 2 rings (SSSR count). The summed E-state index contributed by atoms with van der Waals surface area (Å²) in [6.45, 7) is 0. The molecule has 0 radical (unpaired) electrons. The van der Waals surface area contributed by atoms with Crippen molar-refractivity contribution in [1.29, 1.82) is 0 Å². The molecule has 0 saturated heterocycles. The number of aromatic nitrogens is 1. The summed E-state index contributed by atoms with van der Waals surface area (Å²) in [5, 5.41) is 2.35. The average Bonchev–Trinajstić information content (AvgIpc) is 2.70. The Balaban J connectivity index is 2.37. The lowest BCUT2D eigenvalue weighted by molar-refractivity contribution is 0.146. The van der Waals surface area contributed by atoms with Crippen molar-refractivity contribution in [2.45, 2.75) is 19.3 Å². The van der Waals surface area contributed by atoms with E-state index in [0.29, 0.717) is 0 Å². The second-order valence-corrected chi connectivity index (χ2v) is 5.87. The Morgan fingerprint density at radius 1 is 1.07 bits per heavy atom. The minimum atomic E-state index is -3.17. The normalized spacial score (nSPS) is 12.7. The van der Waals surface area contributed by atoms with Gasteiger partial charge >= 0.3 is 0 Å². The van der Waals surface area contributed by atoms with E-state index in [1.807, 2.05) is 0 Å². The summed E-state index contributed by atoms with van der Waals surface area (Å²) >= 11 is 5.02. The highest BCUT2D eigenvalue weighted by Crippen LogP contribution is 2.25. The molecular formula is C18H14F6N4S. The van der Waals surface area contributed by atoms with Gasteiger partial charge in [0.1, 0.15) is 16.4 Å². The van der Waals surface area contributed by atoms with E-state index in [-0.39, 0.29) is 16.2 Å². The fraction of sp³-hybridized carbons (Fsp3) is 0.167. The molecule has 1 heterocycles. The van der Waals surface area contributed by atoms with Crippen LogP contribution in [0.5, 0.6) is 0 Å². The third kappa shape index (κ3) is 5.76. The summed E-state index contributed by atoms with van der Waals surface area (Å²) < 4.78 is 78.9. The van der Waals surface area contributed by atoms with Gasteiger partial charge < -0.3 is 11.1 Å². The predicted molar refractivity (Wildman–Crippen MR) is 101 cm³/mol. The van der Waals surface area contributed by atoms with Gasteiger partial charge in [0.15, 0.2) is 0 Å². The number of nitrogens with two attached hydrogens (primary N) is 1. The fourth-order valence-corrected chi connectivity index (χ4v) is 2.54. The predicted octanol–water partition coefficient (Wildman–Crippen LogP) is 5.06. The SMILES string of the molecule is NC=C(NC(=S)c1cccnc1C(F)F)C(=Nc1cccc(C(F)F)c1)C(F)F. The molecule has 1 aromatic carbocycles. The highest BCUT2D eigenvalue weighted by molar-refractivity contribution is 7.80. The monoisotopic (exact) mass is 432 g/mol. The van der Waals surface area contributed by atoms with Crippen LogP contribution < -0.4 is 11.1 Å². The zero-order valence-corrected chi connectivity index (χ0v) is 15.3. The Kier molecular flexibility index (Phi) is 7.71. The first-order valence-electron chi connectivity index (χ1n) is 7.96. The molecule has 0 aliphatic rings. The Labute approximate surface area is 167 Å². The van der Waals surface area contributed by atoms with Crippen molar-refractivity contribution >= 4 is 28.6 Å². The molecule has 0 unspecified atom stereocenters. The first kappa shape index (κ1) is 22.3. The summed E-state index contributed by atoms with van der Waals surface area (Å²) in [5.74, 6) is 0. The quantitative estimate of drug-likeness (QED) is 0.365. The van der Waals surface area contributed by atoms with Gasteiger partial charge in [-0.2, -0.15) is 0 Å². The van der Waals surface area contributed by atoms with Gasteiger partial charge in [0.2, 0.25) is 0 Å². The Bertz CT molecular complexity index is 930. The number of nitrogens with zero attached hydrogens (tertiary/aromatic N) is 2. The first-order chi connectivity index (χ1) is 13.7. The van der Waals surface area contributed by atoms with E-state index in [9.17, 15) is 26.3 Å². The lowest BCUT2D eigenvalue weighted by Crippen LogP contribution is -2.31. The first-order valence-corrected chi connectivity index (χ1v) is 8.37. The molecule has 29 heavy (non-hydrogen) atoms. The molecule has 0 fully saturated rings. The molecular weight excluding hydrogens is 418 g/mol. The van der Waals surface area contributed by atoms with E-state index >= 15 is 0 Å². The van der Waals surface area contributed by atoms with Crippen molar-refractivity contribution in [3.8, 4) is 0 Å². The molecule has 0 saturated carbocycles. The van der Waals surface area contributed by atoms with Crippen molar-refractivity contribution in [2.24, 2.45) is 10.7 Å². The minimum absolute atomic E-state index is 0.167. The largest absolute Gasteiger partial charge is 0.403 e. The van der Waals surface area contributed by atoms with Crippen LogP contribution in [0, 0.1) is 0 Å². The molecule has 0 amide bonds. The van der Waals surface area contributed by atoms with Crippen LogP contribution in [0.4, 0.5) is 32.0 Å². The second-order valence-electron chi connectivity index (χ2n) is 5.46. The number of benzene rings is 1. The molecule has 11 heteroatoms. The summed E-state index contributed by atoms with van der Waals surface area (Å²) in [7, 11) is 0. The van der Waals surface area contributed by atoms with Crippen molar-refractivity contribution in [3.05, 3.63) is 71.3 Å². The van der Waals surface area contributed by atoms with Gasteiger partial charge in [0, 0.05) is 23.5 Å². The Morgan fingerprint density at radius 2 is 1.79 bits per heavy atom. The maximum atomic E-state index is 13.6. The van der Waals surface area contributed by atoms with E-state index in [1.165, 1.54) is 24.3 Å². The van der Waals surface area contributed by atoms with Gasteiger partial charge in [-0.25, -0.2) is 31.3 Å². The van der Waals surface area contributed by atoms with Gasteiger partial charge in [-0.3, -0.25) is 4.98 Å². The molecule has 4 nitrogen and oxygen atoms in total. The molecule has 2 aromatic rings. The number of allylic oxidation sites excluding steroid dienone is 1. The van der Waals surface area contributed by atoms with Crippen LogP contribution in [0.15, 0.2) is 59.5 Å². The van der Waals surface area contributed by atoms with E-state index in [2.05, 4.69) is 15.3 Å². The highest BCUT2D eigenvalue weighted by Gasteiger charge is 2.23. The molecule has 154 valence electrons. The van der Waals surface area contributed by atoms with Crippen LogP contribution in [0.3, 0.4) is 0 Å². The lowest BCUT2D eigenvalue weighted by Gasteiger charge is -2.15. The molecule has 3 N–H and O–H groups in total. The number of alkyl halides is 6. The van der Waals surface area contributed by atoms with Gasteiger partial charge in [0.25, 0.3) is 19.3 Å². The number of hydrogen-bond acceptors (Lipinski definition) is 4. The summed E-state index contributed by atoms with van der Waals surface area (Å²) in [6.07, 6.45) is -7.06. The topological polar surface area (TPSA) is 63.3 Å². The third-order valence-electron chi connectivity index (χ3n) is 3.56. The van der Waals surface area contributed by atoms with Gasteiger partial charge in [0.05, 0.1) is 11.4 Å². The number of thiocarbonyl (C=S) groups is 1. The van der Waals surface area contributed by atoms with Crippen LogP contribution in [0.2, 0.25) is 0 Å². The maximum absolute atomic E-state index is 13.6. The summed E-state index contributed by atoms with van der Waals surface area (Å²) in [4.78, 5) is 6.87. The Hall–Kier alpha value is -2.95. The van der Waals surface area contributed by atoms with Crippen LogP contribution in [0.25, 0.3) is 0 Å². The van der Waals surface area contributed by atoms with E-state index in [0.717, 1.165) is 24.5 Å². The number of hydrogen-bond donors (Lipinski definition) is 2. The van der Waals surface area contributed by atoms with E-state index in [4.69, 9.17) is 18.0 Å². The van der Waals surface area contributed by atoms with E-state index < -0.39 is 41.9 Å². The standard InChI is InChI=1S/C18H14F6N4S/c19-15(20)9-3-1-4-10(7-9)27-14(17(23)24)12(8-25)28-18(29)11-5-2-6-26-13(11)16(21)22/h1-8,15-17H,25H2,(H,28,29). The minimum Gasteiger partial charge on any atom is -0.403 e. The molecule has 0 aliphatic heterocycles. The lowest BCUT2D eigenvalue weighted by atomic mass is 10.1. The van der Waals surface area contributed by atoms with Crippen molar-refractivity contribution in [2.75, 3.05) is 0 Å². The van der Waals surface area contributed by atoms with Gasteiger partial charge in [-0.1, -0.05) is 24.4 Å². The van der Waals surface area contributed by atoms with Gasteiger partial charge in [-0.05, 0) is 24.3 Å². The summed E-state index contributed by atoms with van der Waals surface area (Å²) in [6, 6.07) is 7.12. The van der Waals surface area contributed by atoms with Crippen molar-refractivity contribution < 1.29 is 26.3 Å². The van der Waals surface area contributed by atoms with Crippen molar-refractivity contribution in [3.63, 3.8) is 0 Å². The Morgan fingerprint density at radius 3 is 2.38 bits per heavy atom. The smallest absolute Gasteiger partial charge is 0.282 e. The van der Waals surface area contributed by atoms with Crippen LogP contribution in [-0.4, -0.2) is 22.1 Å². The fourth-order valence-electron chi connectivity index (χ4n) is 2.26. The van der Waals surface area contributed by atoms with Crippen LogP contribution >= 0.6 is 12.2 Å². The van der Waals surface area contributed by atoms with Crippen LogP contribution in [-0.2, 0) is 0 Å². The number of rotatable bonds is 7. The average molecular weight is 432 g/mol. The molecule has 0 spiro atoms. The molecule has 0 bridgehead atoms. The highest BCUT2D eigenvalue weighted by atomic mass is 32.1.